The minimum Gasteiger partial charge on any atom is -0.493 e. The van der Waals surface area contributed by atoms with Gasteiger partial charge in [-0.1, -0.05) is 45.5 Å². The second kappa shape index (κ2) is 10.0. The van der Waals surface area contributed by atoms with Gasteiger partial charge in [0.05, 0.1) is 42.7 Å². The van der Waals surface area contributed by atoms with Gasteiger partial charge in [0.2, 0.25) is 0 Å². The van der Waals surface area contributed by atoms with Crippen LogP contribution in [0.4, 0.5) is 0 Å². The van der Waals surface area contributed by atoms with Crippen molar-refractivity contribution >= 4 is 50.2 Å². The SMILES string of the molecule is CCOC(=O)C1=C(C)N=c2s/c(=C/c3c[nH]c4ccccc34)c(=O)n2C1c1cc(OC)c(OC)cc1Br. The Bertz CT molecular complexity index is 1750. The number of esters is 1. The molecule has 4 aromatic rings. The molecule has 1 atom stereocenters. The van der Waals surface area contributed by atoms with Crippen molar-refractivity contribution in [3.8, 4) is 11.5 Å². The van der Waals surface area contributed by atoms with Crippen molar-refractivity contribution in [3.05, 3.63) is 89.2 Å². The number of thiazole rings is 1. The summed E-state index contributed by atoms with van der Waals surface area (Å²) in [6.45, 7) is 3.69. The maximum Gasteiger partial charge on any atom is 0.338 e. The summed E-state index contributed by atoms with van der Waals surface area (Å²) in [5, 5.41) is 1.01. The number of rotatable bonds is 6. The standard InChI is InChI=1S/C27H24BrN3O5S/c1-5-36-26(33)23-14(2)30-27-31(24(23)17-11-20(34-3)21(35-4)12-18(17)28)25(32)22(37-27)10-15-13-29-19-9-7-6-8-16(15)19/h6-13,24,29H,5H2,1-4H3/b22-10+. The maximum absolute atomic E-state index is 13.9. The Hall–Kier alpha value is -3.63. The molecular formula is C27H24BrN3O5S. The zero-order chi connectivity index (χ0) is 26.3. The number of fused-ring (bicyclic) bond motifs is 2. The molecule has 37 heavy (non-hydrogen) atoms. The lowest BCUT2D eigenvalue weighted by atomic mass is 9.95. The fourth-order valence-electron chi connectivity index (χ4n) is 4.52. The third-order valence-electron chi connectivity index (χ3n) is 6.22. The van der Waals surface area contributed by atoms with Crippen LogP contribution in [0.5, 0.6) is 11.5 Å². The van der Waals surface area contributed by atoms with Crippen LogP contribution in [-0.4, -0.2) is 36.3 Å². The van der Waals surface area contributed by atoms with Crippen LogP contribution >= 0.6 is 27.3 Å². The molecule has 1 N–H and O–H groups in total. The average Bonchev–Trinajstić information content (AvgIpc) is 3.43. The van der Waals surface area contributed by atoms with E-state index in [0.29, 0.717) is 42.1 Å². The number of hydrogen-bond donors (Lipinski definition) is 1. The van der Waals surface area contributed by atoms with Gasteiger partial charge >= 0.3 is 5.97 Å². The van der Waals surface area contributed by atoms with Gasteiger partial charge in [-0.3, -0.25) is 9.36 Å². The molecule has 0 fully saturated rings. The molecule has 1 unspecified atom stereocenters. The number of nitrogens with zero attached hydrogens (tertiary/aromatic N) is 2. The number of carbonyl (C=O) groups is 1. The quantitative estimate of drug-likeness (QED) is 0.346. The molecule has 10 heteroatoms. The van der Waals surface area contributed by atoms with E-state index >= 15 is 0 Å². The topological polar surface area (TPSA) is 94.9 Å². The Morgan fingerprint density at radius 2 is 1.95 bits per heavy atom. The summed E-state index contributed by atoms with van der Waals surface area (Å²) in [6.07, 6.45) is 3.73. The van der Waals surface area contributed by atoms with Crippen LogP contribution in [0, 0.1) is 0 Å². The lowest BCUT2D eigenvalue weighted by Crippen LogP contribution is -2.40. The molecule has 3 heterocycles. The first-order valence-electron chi connectivity index (χ1n) is 11.5. The molecule has 190 valence electrons. The molecule has 8 nitrogen and oxygen atoms in total. The number of aromatic nitrogens is 2. The first-order valence-corrected chi connectivity index (χ1v) is 13.2. The van der Waals surface area contributed by atoms with E-state index in [2.05, 4.69) is 25.9 Å². The van der Waals surface area contributed by atoms with Gasteiger partial charge in [0.1, 0.15) is 0 Å². The predicted octanol–water partition coefficient (Wildman–Crippen LogP) is 4.06. The van der Waals surface area contributed by atoms with Crippen LogP contribution < -0.4 is 24.4 Å². The molecule has 2 aromatic carbocycles. The Morgan fingerprint density at radius 3 is 2.68 bits per heavy atom. The molecule has 2 aromatic heterocycles. The minimum atomic E-state index is -0.783. The van der Waals surface area contributed by atoms with E-state index in [4.69, 9.17) is 14.2 Å². The number of benzene rings is 2. The number of nitrogens with one attached hydrogen (secondary N) is 1. The Labute approximate surface area is 224 Å². The summed E-state index contributed by atoms with van der Waals surface area (Å²) in [5.74, 6) is 0.462. The molecule has 1 aliphatic heterocycles. The van der Waals surface area contributed by atoms with Crippen LogP contribution in [0.25, 0.3) is 17.0 Å². The monoisotopic (exact) mass is 581 g/mol. The summed E-state index contributed by atoms with van der Waals surface area (Å²) in [5.41, 5.74) is 3.05. The first-order chi connectivity index (χ1) is 17.9. The maximum atomic E-state index is 13.9. The van der Waals surface area contributed by atoms with E-state index in [0.717, 1.165) is 16.5 Å². The first kappa shape index (κ1) is 25.0. The third kappa shape index (κ3) is 4.30. The van der Waals surface area contributed by atoms with Gasteiger partial charge in [-0.25, -0.2) is 9.79 Å². The summed E-state index contributed by atoms with van der Waals surface area (Å²) in [6, 6.07) is 10.6. The summed E-state index contributed by atoms with van der Waals surface area (Å²) in [7, 11) is 3.08. The molecular weight excluding hydrogens is 558 g/mol. The Kier molecular flexibility index (Phi) is 6.78. The number of H-pyrrole nitrogens is 1. The highest BCUT2D eigenvalue weighted by atomic mass is 79.9. The molecule has 0 bridgehead atoms. The van der Waals surface area contributed by atoms with Gasteiger partial charge in [-0.05, 0) is 43.7 Å². The van der Waals surface area contributed by atoms with E-state index in [1.807, 2.05) is 36.5 Å². The van der Waals surface area contributed by atoms with Crippen LogP contribution in [0.15, 0.2) is 68.1 Å². The zero-order valence-electron chi connectivity index (χ0n) is 20.6. The van der Waals surface area contributed by atoms with Crippen LogP contribution in [0.3, 0.4) is 0 Å². The van der Waals surface area contributed by atoms with Gasteiger partial charge in [0.25, 0.3) is 5.56 Å². The molecule has 0 aliphatic carbocycles. The fraction of sp³-hybridized carbons (Fsp3) is 0.222. The fourth-order valence-corrected chi connectivity index (χ4v) is 6.10. The van der Waals surface area contributed by atoms with E-state index in [-0.39, 0.29) is 12.2 Å². The molecule has 0 saturated heterocycles. The number of para-hydroxylation sites is 1. The van der Waals surface area contributed by atoms with E-state index < -0.39 is 12.0 Å². The van der Waals surface area contributed by atoms with Crippen molar-refractivity contribution in [2.45, 2.75) is 19.9 Å². The number of aromatic amines is 1. The highest BCUT2D eigenvalue weighted by Crippen LogP contribution is 2.40. The van der Waals surface area contributed by atoms with Crippen LogP contribution in [0.2, 0.25) is 0 Å². The number of methoxy groups -OCH3 is 2. The van der Waals surface area contributed by atoms with Crippen molar-refractivity contribution in [2.75, 3.05) is 20.8 Å². The van der Waals surface area contributed by atoms with Crippen LogP contribution in [-0.2, 0) is 9.53 Å². The zero-order valence-corrected chi connectivity index (χ0v) is 23.0. The van der Waals surface area contributed by atoms with Crippen molar-refractivity contribution in [1.82, 2.24) is 9.55 Å². The lowest BCUT2D eigenvalue weighted by Gasteiger charge is -2.26. The number of halogens is 1. The summed E-state index contributed by atoms with van der Waals surface area (Å²) in [4.78, 5) is 35.5. The summed E-state index contributed by atoms with van der Waals surface area (Å²) < 4.78 is 19.1. The van der Waals surface area contributed by atoms with E-state index in [1.165, 1.54) is 18.4 Å². The average molecular weight is 582 g/mol. The second-order valence-corrected chi connectivity index (χ2v) is 10.2. The number of allylic oxidation sites excluding steroid dienone is 1. The van der Waals surface area contributed by atoms with Crippen LogP contribution in [0.1, 0.15) is 31.0 Å². The van der Waals surface area contributed by atoms with Crippen molar-refractivity contribution in [2.24, 2.45) is 4.99 Å². The molecule has 0 saturated carbocycles. The third-order valence-corrected chi connectivity index (χ3v) is 7.89. The molecule has 0 radical (unpaired) electrons. The molecule has 0 spiro atoms. The molecule has 1 aliphatic rings. The molecule has 0 amide bonds. The predicted molar refractivity (Wildman–Crippen MR) is 146 cm³/mol. The van der Waals surface area contributed by atoms with Crippen molar-refractivity contribution < 1.29 is 19.0 Å². The van der Waals surface area contributed by atoms with Gasteiger partial charge in [-0.2, -0.15) is 0 Å². The van der Waals surface area contributed by atoms with E-state index in [9.17, 15) is 9.59 Å². The van der Waals surface area contributed by atoms with E-state index in [1.54, 1.807) is 37.7 Å². The number of hydrogen-bond acceptors (Lipinski definition) is 7. The second-order valence-electron chi connectivity index (χ2n) is 8.32. The minimum absolute atomic E-state index is 0.195. The Morgan fingerprint density at radius 1 is 1.22 bits per heavy atom. The molecule has 5 rings (SSSR count). The van der Waals surface area contributed by atoms with Gasteiger partial charge in [-0.15, -0.1) is 0 Å². The van der Waals surface area contributed by atoms with Gasteiger partial charge in [0.15, 0.2) is 16.3 Å². The summed E-state index contributed by atoms with van der Waals surface area (Å²) >= 11 is 4.89. The number of ether oxygens (including phenoxy) is 3. The highest BCUT2D eigenvalue weighted by molar-refractivity contribution is 9.10. The Balaban J connectivity index is 1.78. The lowest BCUT2D eigenvalue weighted by molar-refractivity contribution is -0.139. The largest absolute Gasteiger partial charge is 0.493 e. The van der Waals surface area contributed by atoms with Crippen molar-refractivity contribution in [3.63, 3.8) is 0 Å². The smallest absolute Gasteiger partial charge is 0.338 e. The van der Waals surface area contributed by atoms with Gasteiger partial charge < -0.3 is 19.2 Å². The van der Waals surface area contributed by atoms with Gasteiger partial charge in [0, 0.05) is 27.1 Å². The normalized spacial score (nSPS) is 15.5. The van der Waals surface area contributed by atoms with Crippen molar-refractivity contribution in [1.29, 1.82) is 0 Å². The number of carbonyl (C=O) groups excluding carboxylic acids is 1. The highest BCUT2D eigenvalue weighted by Gasteiger charge is 2.35.